The highest BCUT2D eigenvalue weighted by Crippen LogP contribution is 2.48. The minimum Gasteiger partial charge on any atom is -0.307 e. The van der Waals surface area contributed by atoms with Crippen LogP contribution in [0.3, 0.4) is 0 Å². The number of hydrogen-bond acceptors (Lipinski definition) is 3. The van der Waals surface area contributed by atoms with Crippen LogP contribution in [0.2, 0.25) is 0 Å². The molecule has 128 valence electrons. The van der Waals surface area contributed by atoms with Crippen LogP contribution in [-0.2, 0) is 0 Å². The van der Waals surface area contributed by atoms with Crippen molar-refractivity contribution in [1.29, 1.82) is 0 Å². The fourth-order valence-electron chi connectivity index (χ4n) is 5.11. The highest BCUT2D eigenvalue weighted by atomic mass is 32.1. The molecule has 0 spiro atoms. The maximum Gasteiger partial charge on any atom is 0.100 e. The summed E-state index contributed by atoms with van der Waals surface area (Å²) in [6, 6.07) is 19.8. The van der Waals surface area contributed by atoms with Crippen molar-refractivity contribution in [3.05, 3.63) is 65.4 Å². The van der Waals surface area contributed by atoms with E-state index in [1.807, 2.05) is 0 Å². The molecule has 0 N–H and O–H groups in total. The predicted octanol–water partition coefficient (Wildman–Crippen LogP) is 6.49. The number of hydrogen-bond donors (Lipinski definition) is 0. The molecule has 4 heteroatoms. The lowest BCUT2D eigenvalue weighted by Crippen LogP contribution is -1.93. The van der Waals surface area contributed by atoms with E-state index in [-0.39, 0.29) is 0 Å². The smallest absolute Gasteiger partial charge is 0.100 e. The lowest BCUT2D eigenvalue weighted by atomic mass is 10.0. The normalized spacial score (nSPS) is 13.0. The quantitative estimate of drug-likeness (QED) is 0.304. The fraction of sp³-hybridized carbons (Fsp3) is 0. The van der Waals surface area contributed by atoms with Gasteiger partial charge in [0.25, 0.3) is 0 Å². The number of fused-ring (bicyclic) bond motifs is 6. The molecule has 0 saturated heterocycles. The molecule has 0 radical (unpaired) electrons. The summed E-state index contributed by atoms with van der Waals surface area (Å²) < 4.78 is 2.46. The van der Waals surface area contributed by atoms with E-state index >= 15 is 0 Å². The molecule has 3 nitrogen and oxygen atoms in total. The van der Waals surface area contributed by atoms with Gasteiger partial charge in [-0.05, 0) is 0 Å². The van der Waals surface area contributed by atoms with Gasteiger partial charge in [0, 0.05) is 43.4 Å². The van der Waals surface area contributed by atoms with Gasteiger partial charge in [-0.1, -0.05) is 54.6 Å². The van der Waals surface area contributed by atoms with E-state index < -0.39 is 0 Å². The van der Waals surface area contributed by atoms with Crippen LogP contribution in [-0.4, -0.2) is 14.4 Å². The maximum absolute atomic E-state index is 5.08. The van der Waals surface area contributed by atoms with Gasteiger partial charge >= 0.3 is 0 Å². The molecule has 0 bridgehead atoms. The minimum absolute atomic E-state index is 0.973. The van der Waals surface area contributed by atoms with E-state index in [1.165, 1.54) is 49.2 Å². The first-order valence-corrected chi connectivity index (χ1v) is 10.3. The Bertz CT molecular complexity index is 1650. The van der Waals surface area contributed by atoms with E-state index in [0.717, 1.165) is 22.4 Å². The zero-order valence-corrected chi connectivity index (χ0v) is 15.4. The van der Waals surface area contributed by atoms with Crippen LogP contribution < -0.4 is 0 Å². The molecule has 5 heterocycles. The Morgan fingerprint density at radius 3 is 1.57 bits per heavy atom. The Balaban J connectivity index is 1.81. The lowest BCUT2D eigenvalue weighted by Gasteiger charge is -2.08. The molecule has 3 aromatic carbocycles. The highest BCUT2D eigenvalue weighted by Gasteiger charge is 2.27. The first-order chi connectivity index (χ1) is 13.9. The van der Waals surface area contributed by atoms with Gasteiger partial charge in [0.2, 0.25) is 0 Å². The first kappa shape index (κ1) is 13.6. The second-order valence-corrected chi connectivity index (χ2v) is 8.25. The molecule has 1 aliphatic rings. The van der Waals surface area contributed by atoms with Crippen LogP contribution >= 0.6 is 11.3 Å². The van der Waals surface area contributed by atoms with Crippen LogP contribution in [0.4, 0.5) is 0 Å². The van der Waals surface area contributed by atoms with Crippen molar-refractivity contribution in [3.63, 3.8) is 0 Å². The van der Waals surface area contributed by atoms with E-state index in [0.29, 0.717) is 0 Å². The van der Waals surface area contributed by atoms with E-state index in [9.17, 15) is 0 Å². The second kappa shape index (κ2) is 4.32. The number of nitrogens with zero attached hydrogens (tertiary/aromatic N) is 3. The van der Waals surface area contributed by atoms with Gasteiger partial charge in [0.15, 0.2) is 0 Å². The Morgan fingerprint density at radius 2 is 1.04 bits per heavy atom. The lowest BCUT2D eigenvalue weighted by molar-refractivity contribution is 1.32. The van der Waals surface area contributed by atoms with Gasteiger partial charge in [0.1, 0.15) is 11.0 Å². The minimum atomic E-state index is 0.973. The average molecular weight is 373 g/mol. The van der Waals surface area contributed by atoms with Crippen molar-refractivity contribution in [3.8, 4) is 22.5 Å². The van der Waals surface area contributed by atoms with E-state index in [2.05, 4.69) is 69.8 Å². The topological polar surface area (TPSA) is 30.2 Å². The Hall–Kier alpha value is -3.50. The molecule has 28 heavy (non-hydrogen) atoms. The van der Waals surface area contributed by atoms with Crippen LogP contribution in [0.25, 0.3) is 71.6 Å². The third-order valence-electron chi connectivity index (χ3n) is 6.18. The Morgan fingerprint density at radius 1 is 0.571 bits per heavy atom. The van der Waals surface area contributed by atoms with E-state index in [4.69, 9.17) is 9.97 Å². The maximum atomic E-state index is 5.08. The molecule has 0 aliphatic carbocycles. The summed E-state index contributed by atoms with van der Waals surface area (Å²) in [5.74, 6) is 0. The molecule has 0 fully saturated rings. The molecular formula is C24H11N3S. The van der Waals surface area contributed by atoms with Crippen LogP contribution in [0, 0.1) is 0 Å². The van der Waals surface area contributed by atoms with Gasteiger partial charge in [-0.2, -0.15) is 0 Å². The molecule has 0 saturated carbocycles. The monoisotopic (exact) mass is 373 g/mol. The fourth-order valence-corrected chi connectivity index (χ4v) is 5.79. The van der Waals surface area contributed by atoms with Crippen molar-refractivity contribution in [2.75, 3.05) is 0 Å². The SMILES string of the molecule is c1cc2c3c(c1)c1cccc4c5cccc(c5n3c14)-c1nc3cscc3nc1-2. The van der Waals surface area contributed by atoms with Crippen molar-refractivity contribution in [1.82, 2.24) is 14.4 Å². The summed E-state index contributed by atoms with van der Waals surface area (Å²) in [5, 5.41) is 9.37. The third-order valence-corrected chi connectivity index (χ3v) is 6.90. The second-order valence-electron chi connectivity index (χ2n) is 7.50. The highest BCUT2D eigenvalue weighted by molar-refractivity contribution is 7.09. The summed E-state index contributed by atoms with van der Waals surface area (Å²) >= 11 is 1.66. The van der Waals surface area contributed by atoms with Crippen molar-refractivity contribution < 1.29 is 0 Å². The third kappa shape index (κ3) is 1.33. The largest absolute Gasteiger partial charge is 0.307 e. The molecular weight excluding hydrogens is 362 g/mol. The number of para-hydroxylation sites is 3. The summed E-state index contributed by atoms with van der Waals surface area (Å²) in [4.78, 5) is 10.2. The summed E-state index contributed by atoms with van der Waals surface area (Å²) in [6.07, 6.45) is 0. The molecule has 0 amide bonds. The van der Waals surface area contributed by atoms with Crippen molar-refractivity contribution >= 4 is 60.5 Å². The molecule has 0 unspecified atom stereocenters. The standard InChI is InChI=1S/C24H11N3S/c1-4-12-14-6-2-8-16-20-21(26-19-11-28-10-18(19)25-20)17-9-3-7-15-13(5-1)22(12)27(23(14)16)24(15)17/h1-11H. The van der Waals surface area contributed by atoms with Gasteiger partial charge in [-0.15, -0.1) is 11.3 Å². The average Bonchev–Trinajstić information content (AvgIpc) is 3.40. The molecule has 1 aliphatic heterocycles. The zero-order chi connectivity index (χ0) is 18.0. The Labute approximate surface area is 162 Å². The zero-order valence-electron chi connectivity index (χ0n) is 14.6. The van der Waals surface area contributed by atoms with E-state index in [1.54, 1.807) is 11.3 Å². The van der Waals surface area contributed by atoms with Gasteiger partial charge in [-0.25, -0.2) is 9.97 Å². The van der Waals surface area contributed by atoms with Crippen LogP contribution in [0.15, 0.2) is 65.4 Å². The number of thiophene rings is 1. The predicted molar refractivity (Wildman–Crippen MR) is 117 cm³/mol. The summed E-state index contributed by atoms with van der Waals surface area (Å²) in [7, 11) is 0. The molecule has 8 rings (SSSR count). The number of aromatic nitrogens is 3. The number of benzene rings is 3. The van der Waals surface area contributed by atoms with Gasteiger partial charge < -0.3 is 4.40 Å². The Kier molecular flexibility index (Phi) is 2.10. The van der Waals surface area contributed by atoms with Crippen LogP contribution in [0.1, 0.15) is 0 Å². The molecule has 4 aromatic heterocycles. The van der Waals surface area contributed by atoms with Crippen LogP contribution in [0.5, 0.6) is 0 Å². The number of rotatable bonds is 0. The van der Waals surface area contributed by atoms with Crippen molar-refractivity contribution in [2.24, 2.45) is 0 Å². The van der Waals surface area contributed by atoms with Gasteiger partial charge in [0.05, 0.1) is 27.9 Å². The summed E-state index contributed by atoms with van der Waals surface area (Å²) in [5.41, 5.74) is 10.1. The molecule has 7 aromatic rings. The molecule has 0 atom stereocenters. The first-order valence-electron chi connectivity index (χ1n) is 9.35. The van der Waals surface area contributed by atoms with Crippen molar-refractivity contribution in [2.45, 2.75) is 0 Å². The summed E-state index contributed by atoms with van der Waals surface area (Å²) in [6.45, 7) is 0. The van der Waals surface area contributed by atoms with Gasteiger partial charge in [-0.3, -0.25) is 0 Å².